The van der Waals surface area contributed by atoms with Gasteiger partial charge in [0.05, 0.1) is 10.8 Å². The molecular formula is C18H24N2O4S. The Labute approximate surface area is 151 Å². The third-order valence-electron chi connectivity index (χ3n) is 5.10. The van der Waals surface area contributed by atoms with Crippen molar-refractivity contribution in [2.24, 2.45) is 11.8 Å². The van der Waals surface area contributed by atoms with Crippen molar-refractivity contribution in [2.45, 2.75) is 38.6 Å². The number of amides is 2. The van der Waals surface area contributed by atoms with E-state index in [0.29, 0.717) is 30.8 Å². The molecule has 1 N–H and O–H groups in total. The van der Waals surface area contributed by atoms with Crippen LogP contribution in [-0.4, -0.2) is 58.4 Å². The van der Waals surface area contributed by atoms with Gasteiger partial charge in [0.25, 0.3) is 5.91 Å². The number of thiophene rings is 1. The second-order valence-electron chi connectivity index (χ2n) is 7.11. The highest BCUT2D eigenvalue weighted by Gasteiger charge is 2.39. The number of carbonyl (C=O) groups excluding carboxylic acids is 2. The molecule has 0 saturated carbocycles. The molecule has 0 radical (unpaired) electrons. The lowest BCUT2D eigenvalue weighted by atomic mass is 9.89. The van der Waals surface area contributed by atoms with Gasteiger partial charge in [-0.05, 0) is 43.0 Å². The van der Waals surface area contributed by atoms with Gasteiger partial charge in [0.1, 0.15) is 6.04 Å². The normalized spacial score (nSPS) is 27.2. The van der Waals surface area contributed by atoms with E-state index in [2.05, 4.69) is 0 Å². The summed E-state index contributed by atoms with van der Waals surface area (Å²) >= 11 is 1.38. The lowest BCUT2D eigenvalue weighted by Gasteiger charge is -2.41. The predicted molar refractivity (Wildman–Crippen MR) is 94.5 cm³/mol. The molecule has 2 amide bonds. The molecule has 136 valence electrons. The van der Waals surface area contributed by atoms with Gasteiger partial charge in [-0.2, -0.15) is 0 Å². The Morgan fingerprint density at radius 2 is 2.04 bits per heavy atom. The summed E-state index contributed by atoms with van der Waals surface area (Å²) in [7, 11) is 0. The molecule has 2 aliphatic rings. The summed E-state index contributed by atoms with van der Waals surface area (Å²) in [6.45, 7) is 3.37. The lowest BCUT2D eigenvalue weighted by Crippen LogP contribution is -2.56. The van der Waals surface area contributed by atoms with E-state index in [1.165, 1.54) is 11.3 Å². The van der Waals surface area contributed by atoms with Gasteiger partial charge < -0.3 is 14.9 Å². The Balaban J connectivity index is 1.76. The van der Waals surface area contributed by atoms with Gasteiger partial charge in [-0.3, -0.25) is 14.4 Å². The maximum Gasteiger partial charge on any atom is 0.308 e. The smallest absolute Gasteiger partial charge is 0.308 e. The summed E-state index contributed by atoms with van der Waals surface area (Å²) in [5.74, 6) is -1.39. The maximum atomic E-state index is 13.1. The number of nitrogens with zero attached hydrogens (tertiary/aromatic N) is 2. The van der Waals surface area contributed by atoms with E-state index in [1.807, 2.05) is 18.4 Å². The highest BCUT2D eigenvalue weighted by Crippen LogP contribution is 2.27. The lowest BCUT2D eigenvalue weighted by molar-refractivity contribution is -0.148. The number of aliphatic carboxylic acids is 1. The maximum absolute atomic E-state index is 13.1. The van der Waals surface area contributed by atoms with E-state index in [4.69, 9.17) is 0 Å². The van der Waals surface area contributed by atoms with Crippen LogP contribution in [0.1, 0.15) is 42.3 Å². The van der Waals surface area contributed by atoms with Crippen molar-refractivity contribution >= 4 is 29.1 Å². The van der Waals surface area contributed by atoms with E-state index in [9.17, 15) is 19.5 Å². The van der Waals surface area contributed by atoms with Crippen LogP contribution in [0.5, 0.6) is 0 Å². The topological polar surface area (TPSA) is 77.9 Å². The molecule has 25 heavy (non-hydrogen) atoms. The zero-order valence-electron chi connectivity index (χ0n) is 14.4. The quantitative estimate of drug-likeness (QED) is 0.893. The first-order valence-electron chi connectivity index (χ1n) is 8.83. The van der Waals surface area contributed by atoms with Crippen LogP contribution in [0.4, 0.5) is 0 Å². The first-order valence-corrected chi connectivity index (χ1v) is 9.71. The summed E-state index contributed by atoms with van der Waals surface area (Å²) in [6.07, 6.45) is 3.06. The standard InChI is InChI=1S/C18H24N2O4S/c1-12-9-13(18(23)24)11-19(10-12)16(21)14-5-2-3-7-20(14)17(22)15-6-4-8-25-15/h4,6,8,12-14H,2-3,5,7,9-11H2,1H3,(H,23,24). The number of likely N-dealkylation sites (tertiary alicyclic amines) is 2. The van der Waals surface area contributed by atoms with Crippen molar-refractivity contribution in [1.29, 1.82) is 0 Å². The average molecular weight is 364 g/mol. The van der Waals surface area contributed by atoms with Crippen LogP contribution < -0.4 is 0 Å². The molecule has 3 rings (SSSR count). The molecule has 2 aliphatic heterocycles. The molecule has 0 bridgehead atoms. The molecule has 0 aliphatic carbocycles. The van der Waals surface area contributed by atoms with Crippen molar-refractivity contribution in [1.82, 2.24) is 9.80 Å². The largest absolute Gasteiger partial charge is 0.481 e. The minimum absolute atomic E-state index is 0.0899. The molecular weight excluding hydrogens is 340 g/mol. The third kappa shape index (κ3) is 3.86. The second kappa shape index (κ2) is 7.56. The van der Waals surface area contributed by atoms with Gasteiger partial charge in [-0.1, -0.05) is 13.0 Å². The highest BCUT2D eigenvalue weighted by atomic mass is 32.1. The fourth-order valence-electron chi connectivity index (χ4n) is 3.89. The van der Waals surface area contributed by atoms with Crippen molar-refractivity contribution in [3.8, 4) is 0 Å². The summed E-state index contributed by atoms with van der Waals surface area (Å²) in [5.41, 5.74) is 0. The van der Waals surface area contributed by atoms with Crippen LogP contribution in [0.15, 0.2) is 17.5 Å². The number of hydrogen-bond acceptors (Lipinski definition) is 4. The summed E-state index contributed by atoms with van der Waals surface area (Å²) in [4.78, 5) is 41.2. The zero-order chi connectivity index (χ0) is 18.0. The van der Waals surface area contributed by atoms with Crippen LogP contribution in [-0.2, 0) is 9.59 Å². The van der Waals surface area contributed by atoms with Gasteiger partial charge in [0.15, 0.2) is 0 Å². The van der Waals surface area contributed by atoms with Crippen LogP contribution in [0.2, 0.25) is 0 Å². The average Bonchev–Trinajstić information content (AvgIpc) is 3.14. The Bertz CT molecular complexity index is 646. The Morgan fingerprint density at radius 1 is 1.24 bits per heavy atom. The van der Waals surface area contributed by atoms with Crippen molar-refractivity contribution in [3.63, 3.8) is 0 Å². The molecule has 6 nitrogen and oxygen atoms in total. The van der Waals surface area contributed by atoms with Gasteiger partial charge in [0, 0.05) is 19.6 Å². The van der Waals surface area contributed by atoms with E-state index >= 15 is 0 Å². The molecule has 2 fully saturated rings. The Hall–Kier alpha value is -1.89. The monoisotopic (exact) mass is 364 g/mol. The molecule has 0 spiro atoms. The van der Waals surface area contributed by atoms with E-state index in [1.54, 1.807) is 15.9 Å². The van der Waals surface area contributed by atoms with Gasteiger partial charge in [-0.15, -0.1) is 11.3 Å². The predicted octanol–water partition coefficient (Wildman–Crippen LogP) is 2.31. The number of carboxylic acid groups (broad SMARTS) is 1. The van der Waals surface area contributed by atoms with Gasteiger partial charge in [0.2, 0.25) is 5.91 Å². The van der Waals surface area contributed by atoms with E-state index in [0.717, 1.165) is 12.8 Å². The molecule has 0 aromatic carbocycles. The SMILES string of the molecule is CC1CC(C(=O)O)CN(C(=O)C2CCCCN2C(=O)c2cccs2)C1. The fraction of sp³-hybridized carbons (Fsp3) is 0.611. The van der Waals surface area contributed by atoms with Crippen molar-refractivity contribution in [2.75, 3.05) is 19.6 Å². The molecule has 1 aromatic rings. The minimum Gasteiger partial charge on any atom is -0.481 e. The molecule has 3 atom stereocenters. The summed E-state index contributed by atoms with van der Waals surface area (Å²) in [5, 5.41) is 11.2. The second-order valence-corrected chi connectivity index (χ2v) is 8.05. The molecule has 7 heteroatoms. The third-order valence-corrected chi connectivity index (χ3v) is 5.96. The van der Waals surface area contributed by atoms with Gasteiger partial charge in [-0.25, -0.2) is 0 Å². The molecule has 3 heterocycles. The van der Waals surface area contributed by atoms with E-state index in [-0.39, 0.29) is 24.3 Å². The van der Waals surface area contributed by atoms with Crippen molar-refractivity contribution < 1.29 is 19.5 Å². The summed E-state index contributed by atoms with van der Waals surface area (Å²) < 4.78 is 0. The minimum atomic E-state index is -0.848. The van der Waals surface area contributed by atoms with Crippen LogP contribution >= 0.6 is 11.3 Å². The number of rotatable bonds is 3. The molecule has 3 unspecified atom stereocenters. The van der Waals surface area contributed by atoms with E-state index < -0.39 is 17.9 Å². The van der Waals surface area contributed by atoms with Gasteiger partial charge >= 0.3 is 5.97 Å². The number of piperidine rings is 2. The Morgan fingerprint density at radius 3 is 2.72 bits per heavy atom. The highest BCUT2D eigenvalue weighted by molar-refractivity contribution is 7.12. The number of carbonyl (C=O) groups is 3. The molecule has 2 saturated heterocycles. The number of hydrogen-bond donors (Lipinski definition) is 1. The fourth-order valence-corrected chi connectivity index (χ4v) is 4.57. The van der Waals surface area contributed by atoms with Crippen LogP contribution in [0, 0.1) is 11.8 Å². The Kier molecular flexibility index (Phi) is 5.42. The summed E-state index contributed by atoms with van der Waals surface area (Å²) in [6, 6.07) is 3.15. The number of carboxylic acids is 1. The first kappa shape index (κ1) is 17.9. The molecule has 1 aromatic heterocycles. The first-order chi connectivity index (χ1) is 12.0. The van der Waals surface area contributed by atoms with Crippen LogP contribution in [0.3, 0.4) is 0 Å². The van der Waals surface area contributed by atoms with Crippen LogP contribution in [0.25, 0.3) is 0 Å². The zero-order valence-corrected chi connectivity index (χ0v) is 15.2. The van der Waals surface area contributed by atoms with Crippen molar-refractivity contribution in [3.05, 3.63) is 22.4 Å².